The second-order valence-corrected chi connectivity index (χ2v) is 9.66. The first kappa shape index (κ1) is 22.2. The molecule has 6 heteroatoms. The maximum atomic E-state index is 14.0. The lowest BCUT2D eigenvalue weighted by Gasteiger charge is -2.29. The minimum atomic E-state index is -0.284. The highest BCUT2D eigenvalue weighted by Gasteiger charge is 2.22. The zero-order chi connectivity index (χ0) is 22.9. The maximum absolute atomic E-state index is 14.0. The number of nitrogens with one attached hydrogen (secondary N) is 3. The summed E-state index contributed by atoms with van der Waals surface area (Å²) in [6, 6.07) is 11.3. The van der Waals surface area contributed by atoms with Crippen LogP contribution in [0.1, 0.15) is 45.2 Å². The van der Waals surface area contributed by atoms with Crippen molar-refractivity contribution >= 4 is 33.9 Å². The number of anilines is 3. The topological polar surface area (TPSA) is 61.9 Å². The molecular weight excluding hydrogens is 401 g/mol. The van der Waals surface area contributed by atoms with Crippen LogP contribution in [-0.2, 0) is 0 Å². The van der Waals surface area contributed by atoms with Crippen molar-refractivity contribution in [2.75, 3.05) is 23.7 Å². The van der Waals surface area contributed by atoms with Gasteiger partial charge in [-0.2, -0.15) is 4.98 Å². The first-order chi connectivity index (χ1) is 15.2. The van der Waals surface area contributed by atoms with E-state index in [0.717, 1.165) is 47.4 Å². The molecule has 0 amide bonds. The Balaban J connectivity index is 1.85. The molecule has 5 nitrogen and oxygen atoms in total. The summed E-state index contributed by atoms with van der Waals surface area (Å²) in [6.45, 7) is 12.4. The third-order valence-electron chi connectivity index (χ3n) is 6.09. The molecule has 0 saturated carbocycles. The lowest BCUT2D eigenvalue weighted by atomic mass is 9.88. The average Bonchev–Trinajstić information content (AvgIpc) is 2.72. The van der Waals surface area contributed by atoms with Crippen LogP contribution in [0.25, 0.3) is 16.5 Å². The summed E-state index contributed by atoms with van der Waals surface area (Å²) in [7, 11) is 0. The summed E-state index contributed by atoms with van der Waals surface area (Å²) in [5.41, 5.74) is 4.84. The Kier molecular flexibility index (Phi) is 6.15. The van der Waals surface area contributed by atoms with Crippen LogP contribution in [0.4, 0.5) is 21.8 Å². The van der Waals surface area contributed by atoms with Crippen LogP contribution in [0.15, 0.2) is 42.5 Å². The molecule has 1 atom stereocenters. The lowest BCUT2D eigenvalue weighted by Crippen LogP contribution is -2.31. The molecule has 3 N–H and O–H groups in total. The Morgan fingerprint density at radius 2 is 1.94 bits per heavy atom. The van der Waals surface area contributed by atoms with Crippen molar-refractivity contribution in [2.45, 2.75) is 47.1 Å². The predicted octanol–water partition coefficient (Wildman–Crippen LogP) is 6.04. The van der Waals surface area contributed by atoms with Crippen LogP contribution >= 0.6 is 0 Å². The number of hydrogen-bond donors (Lipinski definition) is 3. The van der Waals surface area contributed by atoms with Crippen LogP contribution < -0.4 is 16.0 Å². The number of benzene rings is 2. The van der Waals surface area contributed by atoms with Gasteiger partial charge in [0.15, 0.2) is 0 Å². The molecule has 2 heterocycles. The molecule has 1 aliphatic heterocycles. The number of aryl methyl sites for hydroxylation is 1. The standard InChI is InChI=1S/C26H32FN5/c1-16-13-19(27)15-20(14-16)30-25-31-23-21(18-9-11-28-12-10-18)7-6-8-22(23)24(32-25)29-17(2)26(3,4)5/h6-9,13-15,17,28H,10-12H2,1-5H3,(H2,29,30,31,32). The maximum Gasteiger partial charge on any atom is 0.229 e. The molecule has 0 radical (unpaired) electrons. The monoisotopic (exact) mass is 433 g/mol. The van der Waals surface area contributed by atoms with Gasteiger partial charge in [-0.15, -0.1) is 0 Å². The van der Waals surface area contributed by atoms with Gasteiger partial charge >= 0.3 is 0 Å². The van der Waals surface area contributed by atoms with Crippen molar-refractivity contribution < 1.29 is 4.39 Å². The molecule has 4 rings (SSSR count). The van der Waals surface area contributed by atoms with Crippen LogP contribution in [0, 0.1) is 18.2 Å². The van der Waals surface area contributed by atoms with Crippen LogP contribution in [0.5, 0.6) is 0 Å². The number of aromatic nitrogens is 2. The highest BCUT2D eigenvalue weighted by Crippen LogP contribution is 2.33. The summed E-state index contributed by atoms with van der Waals surface area (Å²) < 4.78 is 14.0. The SMILES string of the molecule is Cc1cc(F)cc(Nc2nc(NC(C)C(C)(C)C)c3cccc(C4=CCNCC4)c3n2)c1. The summed E-state index contributed by atoms with van der Waals surface area (Å²) >= 11 is 0. The Morgan fingerprint density at radius 1 is 1.12 bits per heavy atom. The first-order valence-electron chi connectivity index (χ1n) is 11.2. The summed E-state index contributed by atoms with van der Waals surface area (Å²) in [4.78, 5) is 9.70. The van der Waals surface area contributed by atoms with E-state index in [1.54, 1.807) is 0 Å². The summed E-state index contributed by atoms with van der Waals surface area (Å²) in [5.74, 6) is 0.950. The van der Waals surface area contributed by atoms with Gasteiger partial charge < -0.3 is 16.0 Å². The third kappa shape index (κ3) is 4.91. The van der Waals surface area contributed by atoms with Gasteiger partial charge in [0.25, 0.3) is 0 Å². The van der Waals surface area contributed by atoms with E-state index >= 15 is 0 Å². The molecule has 0 saturated heterocycles. The van der Waals surface area contributed by atoms with E-state index in [4.69, 9.17) is 9.97 Å². The second kappa shape index (κ2) is 8.87. The van der Waals surface area contributed by atoms with Crippen LogP contribution in [-0.4, -0.2) is 29.1 Å². The molecular formula is C26H32FN5. The fraction of sp³-hybridized carbons (Fsp3) is 0.385. The molecule has 1 unspecified atom stereocenters. The average molecular weight is 434 g/mol. The van der Waals surface area contributed by atoms with E-state index in [1.807, 2.05) is 13.0 Å². The normalized spacial score (nSPS) is 15.4. The minimum absolute atomic E-state index is 0.0553. The van der Waals surface area contributed by atoms with E-state index in [0.29, 0.717) is 11.6 Å². The zero-order valence-corrected chi connectivity index (χ0v) is 19.5. The molecule has 32 heavy (non-hydrogen) atoms. The molecule has 0 aliphatic carbocycles. The van der Waals surface area contributed by atoms with Gasteiger partial charge in [-0.3, -0.25) is 0 Å². The number of rotatable bonds is 5. The Bertz CT molecular complexity index is 1140. The Hall–Kier alpha value is -2.99. The second-order valence-electron chi connectivity index (χ2n) is 9.66. The van der Waals surface area contributed by atoms with E-state index in [-0.39, 0.29) is 17.3 Å². The zero-order valence-electron chi connectivity index (χ0n) is 19.5. The van der Waals surface area contributed by atoms with Crippen molar-refractivity contribution in [1.82, 2.24) is 15.3 Å². The summed E-state index contributed by atoms with van der Waals surface area (Å²) in [5, 5.41) is 11.2. The van der Waals surface area contributed by atoms with Crippen molar-refractivity contribution in [3.8, 4) is 0 Å². The Morgan fingerprint density at radius 3 is 2.62 bits per heavy atom. The van der Waals surface area contributed by atoms with Crippen molar-refractivity contribution in [2.24, 2.45) is 5.41 Å². The molecule has 0 spiro atoms. The number of para-hydroxylation sites is 1. The predicted molar refractivity (Wildman–Crippen MR) is 132 cm³/mol. The van der Waals surface area contributed by atoms with Crippen molar-refractivity contribution in [3.05, 3.63) is 59.4 Å². The van der Waals surface area contributed by atoms with Gasteiger partial charge in [0.2, 0.25) is 5.95 Å². The number of hydrogen-bond acceptors (Lipinski definition) is 5. The molecule has 2 aromatic carbocycles. The first-order valence-corrected chi connectivity index (χ1v) is 11.2. The van der Waals surface area contributed by atoms with E-state index in [2.05, 4.69) is 67.9 Å². The smallest absolute Gasteiger partial charge is 0.229 e. The molecule has 1 aromatic heterocycles. The lowest BCUT2D eigenvalue weighted by molar-refractivity contribution is 0.359. The van der Waals surface area contributed by atoms with Gasteiger partial charge in [-0.05, 0) is 67.6 Å². The molecule has 0 fully saturated rings. The van der Waals surface area contributed by atoms with Gasteiger partial charge in [0.1, 0.15) is 11.6 Å². The number of halogens is 1. The quantitative estimate of drug-likeness (QED) is 0.458. The molecule has 168 valence electrons. The highest BCUT2D eigenvalue weighted by molar-refractivity contribution is 5.98. The molecule has 3 aromatic rings. The third-order valence-corrected chi connectivity index (χ3v) is 6.09. The van der Waals surface area contributed by atoms with Crippen LogP contribution in [0.3, 0.4) is 0 Å². The van der Waals surface area contributed by atoms with Gasteiger partial charge in [0, 0.05) is 29.2 Å². The van der Waals surface area contributed by atoms with E-state index in [9.17, 15) is 4.39 Å². The van der Waals surface area contributed by atoms with Crippen molar-refractivity contribution in [3.63, 3.8) is 0 Å². The van der Waals surface area contributed by atoms with Crippen LogP contribution in [0.2, 0.25) is 0 Å². The Labute approximate surface area is 189 Å². The van der Waals surface area contributed by atoms with Gasteiger partial charge in [0.05, 0.1) is 5.52 Å². The van der Waals surface area contributed by atoms with E-state index < -0.39 is 0 Å². The number of fused-ring (bicyclic) bond motifs is 1. The molecule has 1 aliphatic rings. The fourth-order valence-electron chi connectivity index (χ4n) is 3.80. The summed E-state index contributed by atoms with van der Waals surface area (Å²) in [6.07, 6.45) is 3.18. The van der Waals surface area contributed by atoms with Gasteiger partial charge in [-0.25, -0.2) is 9.37 Å². The van der Waals surface area contributed by atoms with Gasteiger partial charge in [-0.1, -0.05) is 39.0 Å². The number of nitrogens with zero attached hydrogens (tertiary/aromatic N) is 2. The fourth-order valence-corrected chi connectivity index (χ4v) is 3.80. The minimum Gasteiger partial charge on any atom is -0.366 e. The van der Waals surface area contributed by atoms with E-state index in [1.165, 1.54) is 17.7 Å². The molecule has 0 bridgehead atoms. The van der Waals surface area contributed by atoms with Crippen molar-refractivity contribution in [1.29, 1.82) is 0 Å². The largest absolute Gasteiger partial charge is 0.366 e. The highest BCUT2D eigenvalue weighted by atomic mass is 19.1.